The zero-order chi connectivity index (χ0) is 25.2. The Labute approximate surface area is 217 Å². The van der Waals surface area contributed by atoms with Crippen molar-refractivity contribution < 1.29 is 0 Å². The molecular weight excluding hydrogens is 460 g/mol. The quantitative estimate of drug-likeness (QED) is 0.407. The van der Waals surface area contributed by atoms with Gasteiger partial charge in [-0.2, -0.15) is 4.98 Å². The fourth-order valence-corrected chi connectivity index (χ4v) is 5.63. The number of hydrogen-bond acceptors (Lipinski definition) is 6. The molecule has 7 heteroatoms. The van der Waals surface area contributed by atoms with Crippen LogP contribution in [0.5, 0.6) is 0 Å². The molecule has 7 nitrogen and oxygen atoms in total. The fourth-order valence-electron chi connectivity index (χ4n) is 5.63. The molecule has 0 unspecified atom stereocenters. The Hall–Kier alpha value is -3.71. The number of anilines is 3. The molecule has 2 aromatic heterocycles. The van der Waals surface area contributed by atoms with E-state index in [0.29, 0.717) is 12.4 Å². The highest BCUT2D eigenvalue weighted by atomic mass is 16.1. The molecule has 0 bridgehead atoms. The summed E-state index contributed by atoms with van der Waals surface area (Å²) in [7, 11) is 2.17. The minimum atomic E-state index is 0.0735. The van der Waals surface area contributed by atoms with Crippen LogP contribution in [0.15, 0.2) is 71.7 Å². The first kappa shape index (κ1) is 23.7. The van der Waals surface area contributed by atoms with Crippen molar-refractivity contribution in [2.75, 3.05) is 43.4 Å². The molecule has 3 heterocycles. The lowest BCUT2D eigenvalue weighted by Crippen LogP contribution is -2.44. The number of nitrogens with zero attached hydrogens (tertiary/aromatic N) is 5. The lowest BCUT2D eigenvalue weighted by atomic mass is 10.0. The summed E-state index contributed by atoms with van der Waals surface area (Å²) in [5.41, 5.74) is 4.90. The van der Waals surface area contributed by atoms with Gasteiger partial charge in [0.1, 0.15) is 5.65 Å². The van der Waals surface area contributed by atoms with E-state index in [-0.39, 0.29) is 11.6 Å². The molecular formula is C30H34N6O. The Morgan fingerprint density at radius 1 is 0.946 bits per heavy atom. The lowest BCUT2D eigenvalue weighted by molar-refractivity contribution is 0.313. The molecule has 2 aromatic carbocycles. The summed E-state index contributed by atoms with van der Waals surface area (Å²) in [4.78, 5) is 28.0. The summed E-state index contributed by atoms with van der Waals surface area (Å²) in [5, 5.41) is 4.27. The van der Waals surface area contributed by atoms with Crippen molar-refractivity contribution in [3.63, 3.8) is 0 Å². The number of fused-ring (bicyclic) bond motifs is 1. The van der Waals surface area contributed by atoms with Crippen molar-refractivity contribution in [2.24, 2.45) is 0 Å². The molecule has 0 radical (unpaired) electrons. The Morgan fingerprint density at radius 2 is 1.68 bits per heavy atom. The van der Waals surface area contributed by atoms with Gasteiger partial charge in [-0.15, -0.1) is 0 Å². The predicted octanol–water partition coefficient (Wildman–Crippen LogP) is 4.99. The molecule has 1 saturated heterocycles. The van der Waals surface area contributed by atoms with Gasteiger partial charge in [-0.3, -0.25) is 9.36 Å². The lowest BCUT2D eigenvalue weighted by Gasteiger charge is -2.34. The van der Waals surface area contributed by atoms with Gasteiger partial charge in [0.05, 0.1) is 0 Å². The van der Waals surface area contributed by atoms with Gasteiger partial charge in [-0.05, 0) is 55.8 Å². The standard InChI is InChI=1S/C30H34N6O/c1-34-15-17-35(18-16-34)26-13-11-25(12-14-26)32-30-31-21-24-20-23(19-22-7-3-2-4-8-22)29(37)36(28(24)33-30)27-9-5-6-10-27/h2-4,7-8,11-14,20-21,27H,5-6,9-10,15-19H2,1H3,(H,31,32,33). The summed E-state index contributed by atoms with van der Waals surface area (Å²) in [6.07, 6.45) is 6.80. The number of aromatic nitrogens is 3. The van der Waals surface area contributed by atoms with Gasteiger partial charge in [0.15, 0.2) is 0 Å². The van der Waals surface area contributed by atoms with Crippen LogP contribution in [0.1, 0.15) is 42.9 Å². The van der Waals surface area contributed by atoms with Gasteiger partial charge < -0.3 is 15.1 Å². The van der Waals surface area contributed by atoms with Crippen LogP contribution < -0.4 is 15.8 Å². The first-order chi connectivity index (χ1) is 18.1. The van der Waals surface area contributed by atoms with Gasteiger partial charge in [0.2, 0.25) is 5.95 Å². The summed E-state index contributed by atoms with van der Waals surface area (Å²) in [5.74, 6) is 0.516. The summed E-state index contributed by atoms with van der Waals surface area (Å²) < 4.78 is 1.95. The fraction of sp³-hybridized carbons (Fsp3) is 0.367. The average Bonchev–Trinajstić information content (AvgIpc) is 3.45. The first-order valence-corrected chi connectivity index (χ1v) is 13.4. The molecule has 6 rings (SSSR count). The first-order valence-electron chi connectivity index (χ1n) is 13.4. The number of piperazine rings is 1. The van der Waals surface area contributed by atoms with E-state index in [9.17, 15) is 4.79 Å². The van der Waals surface area contributed by atoms with Crippen molar-refractivity contribution in [1.82, 2.24) is 19.4 Å². The van der Waals surface area contributed by atoms with Crippen LogP contribution in [0.4, 0.5) is 17.3 Å². The minimum absolute atomic E-state index is 0.0735. The Balaban J connectivity index is 1.30. The Kier molecular flexibility index (Phi) is 6.62. The van der Waals surface area contributed by atoms with E-state index >= 15 is 0 Å². The van der Waals surface area contributed by atoms with Crippen LogP contribution in [-0.2, 0) is 6.42 Å². The van der Waals surface area contributed by atoms with E-state index in [0.717, 1.165) is 79.7 Å². The molecule has 2 fully saturated rings. The Morgan fingerprint density at radius 3 is 2.41 bits per heavy atom. The average molecular weight is 495 g/mol. The molecule has 1 N–H and O–H groups in total. The molecule has 0 atom stereocenters. The highest BCUT2D eigenvalue weighted by molar-refractivity contribution is 5.77. The molecule has 0 spiro atoms. The molecule has 37 heavy (non-hydrogen) atoms. The van der Waals surface area contributed by atoms with Crippen LogP contribution in [0.25, 0.3) is 11.0 Å². The number of nitrogens with one attached hydrogen (secondary N) is 1. The molecule has 4 aromatic rings. The smallest absolute Gasteiger partial charge is 0.256 e. The number of likely N-dealkylation sites (N-methyl/N-ethyl adjacent to an activating group) is 1. The van der Waals surface area contributed by atoms with Gasteiger partial charge in [0.25, 0.3) is 5.56 Å². The largest absolute Gasteiger partial charge is 0.369 e. The predicted molar refractivity (Wildman–Crippen MR) is 150 cm³/mol. The summed E-state index contributed by atoms with van der Waals surface area (Å²) >= 11 is 0. The molecule has 190 valence electrons. The van der Waals surface area contributed by atoms with E-state index in [2.05, 4.69) is 63.5 Å². The van der Waals surface area contributed by atoms with Gasteiger partial charge >= 0.3 is 0 Å². The number of benzene rings is 2. The number of rotatable bonds is 6. The zero-order valence-corrected chi connectivity index (χ0v) is 21.4. The third-order valence-electron chi connectivity index (χ3n) is 7.77. The van der Waals surface area contributed by atoms with Gasteiger partial charge in [-0.25, -0.2) is 4.98 Å². The second-order valence-electron chi connectivity index (χ2n) is 10.4. The normalized spacial score (nSPS) is 16.9. The van der Waals surface area contributed by atoms with Crippen LogP contribution >= 0.6 is 0 Å². The monoisotopic (exact) mass is 494 g/mol. The van der Waals surface area contributed by atoms with Gasteiger partial charge in [-0.1, -0.05) is 43.2 Å². The minimum Gasteiger partial charge on any atom is -0.369 e. The number of hydrogen-bond donors (Lipinski definition) is 1. The molecule has 0 amide bonds. The SMILES string of the molecule is CN1CCN(c2ccc(Nc3ncc4cc(Cc5ccccc5)c(=O)n(C5CCCC5)c4n3)cc2)CC1. The molecule has 1 saturated carbocycles. The molecule has 1 aliphatic heterocycles. The maximum Gasteiger partial charge on any atom is 0.256 e. The van der Waals surface area contributed by atoms with Crippen molar-refractivity contribution >= 4 is 28.4 Å². The van der Waals surface area contributed by atoms with E-state index in [4.69, 9.17) is 4.98 Å². The highest BCUT2D eigenvalue weighted by Gasteiger charge is 2.23. The zero-order valence-electron chi connectivity index (χ0n) is 21.4. The maximum absolute atomic E-state index is 13.7. The summed E-state index contributed by atoms with van der Waals surface area (Å²) in [6.45, 7) is 4.26. The highest BCUT2D eigenvalue weighted by Crippen LogP contribution is 2.31. The molecule has 2 aliphatic rings. The second-order valence-corrected chi connectivity index (χ2v) is 10.4. The van der Waals surface area contributed by atoms with Crippen LogP contribution in [0.3, 0.4) is 0 Å². The van der Waals surface area contributed by atoms with Crippen LogP contribution in [-0.4, -0.2) is 52.7 Å². The van der Waals surface area contributed by atoms with Crippen molar-refractivity contribution in [1.29, 1.82) is 0 Å². The van der Waals surface area contributed by atoms with E-state index < -0.39 is 0 Å². The van der Waals surface area contributed by atoms with Crippen molar-refractivity contribution in [3.8, 4) is 0 Å². The maximum atomic E-state index is 13.7. The van der Waals surface area contributed by atoms with Crippen molar-refractivity contribution in [3.05, 3.63) is 88.3 Å². The van der Waals surface area contributed by atoms with Gasteiger partial charge in [0, 0.05) is 67.2 Å². The third kappa shape index (κ3) is 5.09. The van der Waals surface area contributed by atoms with Crippen molar-refractivity contribution in [2.45, 2.75) is 38.1 Å². The van der Waals surface area contributed by atoms with E-state index in [1.165, 1.54) is 5.69 Å². The molecule has 1 aliphatic carbocycles. The van der Waals surface area contributed by atoms with E-state index in [1.54, 1.807) is 0 Å². The van der Waals surface area contributed by atoms with E-state index in [1.807, 2.05) is 35.0 Å². The van der Waals surface area contributed by atoms with Crippen LogP contribution in [0.2, 0.25) is 0 Å². The second kappa shape index (κ2) is 10.3. The summed E-state index contributed by atoms with van der Waals surface area (Å²) in [6, 6.07) is 20.8. The Bertz CT molecular complexity index is 1420. The topological polar surface area (TPSA) is 66.3 Å². The van der Waals surface area contributed by atoms with Crippen LogP contribution in [0, 0.1) is 0 Å². The number of pyridine rings is 1. The third-order valence-corrected chi connectivity index (χ3v) is 7.77.